The zero-order chi connectivity index (χ0) is 18.9. The number of carbonyl (C=O) groups is 1. The van der Waals surface area contributed by atoms with Crippen molar-refractivity contribution < 1.29 is 13.2 Å². The fraction of sp³-hybridized carbons (Fsp3) is 0.176. The van der Waals surface area contributed by atoms with Crippen LogP contribution < -0.4 is 5.32 Å². The normalized spacial score (nSPS) is 11.7. The maximum absolute atomic E-state index is 12.3. The second-order valence-electron chi connectivity index (χ2n) is 5.66. The summed E-state index contributed by atoms with van der Waals surface area (Å²) in [6.07, 6.45) is -0.173. The summed E-state index contributed by atoms with van der Waals surface area (Å²) in [6, 6.07) is 9.82. The van der Waals surface area contributed by atoms with Gasteiger partial charge in [-0.25, -0.2) is 13.4 Å². The molecule has 0 aliphatic heterocycles. The predicted octanol–water partition coefficient (Wildman–Crippen LogP) is 4.71. The van der Waals surface area contributed by atoms with Crippen LogP contribution in [-0.2, 0) is 14.6 Å². The Hall–Kier alpha value is -1.67. The van der Waals surface area contributed by atoms with Gasteiger partial charge in [0.15, 0.2) is 15.0 Å². The van der Waals surface area contributed by atoms with Gasteiger partial charge >= 0.3 is 0 Å². The van der Waals surface area contributed by atoms with Crippen molar-refractivity contribution in [2.75, 3.05) is 11.1 Å². The van der Waals surface area contributed by atoms with E-state index in [1.54, 1.807) is 36.4 Å². The number of carbonyl (C=O) groups excluding carboxylic acids is 1. The number of amides is 1. The van der Waals surface area contributed by atoms with Crippen LogP contribution in [0.3, 0.4) is 0 Å². The maximum Gasteiger partial charge on any atom is 0.227 e. The second-order valence-corrected chi connectivity index (χ2v) is 9.58. The highest BCUT2D eigenvalue weighted by atomic mass is 35.5. The molecule has 0 fully saturated rings. The number of benzene rings is 2. The molecule has 0 spiro atoms. The summed E-state index contributed by atoms with van der Waals surface area (Å²) in [5, 5.41) is 3.86. The predicted molar refractivity (Wildman–Crippen MR) is 106 cm³/mol. The van der Waals surface area contributed by atoms with E-state index in [0.717, 1.165) is 5.56 Å². The molecule has 1 N–H and O–H groups in total. The third kappa shape index (κ3) is 4.17. The summed E-state index contributed by atoms with van der Waals surface area (Å²) < 4.78 is 25.3. The first-order chi connectivity index (χ1) is 12.3. The van der Waals surface area contributed by atoms with Crippen molar-refractivity contribution in [3.05, 3.63) is 52.0 Å². The van der Waals surface area contributed by atoms with Crippen molar-refractivity contribution in [3.63, 3.8) is 0 Å². The van der Waals surface area contributed by atoms with Gasteiger partial charge in [0.2, 0.25) is 5.91 Å². The third-order valence-corrected chi connectivity index (χ3v) is 7.14. The van der Waals surface area contributed by atoms with Gasteiger partial charge in [-0.2, -0.15) is 0 Å². The fourth-order valence-corrected chi connectivity index (χ4v) is 4.95. The van der Waals surface area contributed by atoms with Crippen LogP contribution in [-0.4, -0.2) is 25.1 Å². The Morgan fingerprint density at radius 1 is 1.12 bits per heavy atom. The molecule has 9 heteroatoms. The van der Waals surface area contributed by atoms with E-state index in [-0.39, 0.29) is 17.1 Å². The molecule has 0 atom stereocenters. The van der Waals surface area contributed by atoms with Crippen molar-refractivity contribution in [2.45, 2.75) is 18.2 Å². The lowest BCUT2D eigenvalue weighted by molar-refractivity contribution is -0.115. The summed E-state index contributed by atoms with van der Waals surface area (Å²) in [7, 11) is -3.52. The van der Waals surface area contributed by atoms with E-state index in [4.69, 9.17) is 23.2 Å². The molecule has 3 rings (SSSR count). The standard InChI is InChI=1S/C17H14Cl2N2O3S2/c1-10-2-4-11(5-3-10)26(23,24)9-8-14(22)20-17-21-15-12(18)6-7-13(19)16(15)25-17/h2-7H,8-9H2,1H3,(H,20,21,22). The smallest absolute Gasteiger partial charge is 0.227 e. The molecular formula is C17H14Cl2N2O3S2. The lowest BCUT2D eigenvalue weighted by Crippen LogP contribution is -2.17. The summed E-state index contributed by atoms with van der Waals surface area (Å²) in [4.78, 5) is 16.6. The molecule has 0 bridgehead atoms. The van der Waals surface area contributed by atoms with E-state index in [1.165, 1.54) is 11.3 Å². The zero-order valence-electron chi connectivity index (χ0n) is 13.6. The van der Waals surface area contributed by atoms with Gasteiger partial charge in [0.05, 0.1) is 25.4 Å². The minimum atomic E-state index is -3.52. The quantitative estimate of drug-likeness (QED) is 0.637. The summed E-state index contributed by atoms with van der Waals surface area (Å²) in [5.41, 5.74) is 1.47. The first-order valence-corrected chi connectivity index (χ1v) is 10.8. The molecule has 0 radical (unpaired) electrons. The van der Waals surface area contributed by atoms with Gasteiger partial charge < -0.3 is 5.32 Å². The Bertz CT molecular complexity index is 1040. The number of sulfone groups is 1. The number of aromatic nitrogens is 1. The molecular weight excluding hydrogens is 415 g/mol. The van der Waals surface area contributed by atoms with Gasteiger partial charge in [-0.15, -0.1) is 0 Å². The van der Waals surface area contributed by atoms with Crippen LogP contribution in [0.5, 0.6) is 0 Å². The van der Waals surface area contributed by atoms with Crippen molar-refractivity contribution >= 4 is 65.6 Å². The van der Waals surface area contributed by atoms with E-state index in [2.05, 4.69) is 10.3 Å². The molecule has 26 heavy (non-hydrogen) atoms. The fourth-order valence-electron chi connectivity index (χ4n) is 2.27. The van der Waals surface area contributed by atoms with Gasteiger partial charge in [-0.1, -0.05) is 52.2 Å². The minimum Gasteiger partial charge on any atom is -0.302 e. The van der Waals surface area contributed by atoms with Crippen LogP contribution in [0.25, 0.3) is 10.2 Å². The molecule has 0 aliphatic rings. The number of thiazole rings is 1. The number of fused-ring (bicyclic) bond motifs is 1. The molecule has 1 heterocycles. The number of hydrogen-bond donors (Lipinski definition) is 1. The summed E-state index contributed by atoms with van der Waals surface area (Å²) in [6.45, 7) is 1.88. The van der Waals surface area contributed by atoms with Crippen LogP contribution in [0.15, 0.2) is 41.3 Å². The second kappa shape index (κ2) is 7.52. The molecule has 0 aliphatic carbocycles. The van der Waals surface area contributed by atoms with Crippen LogP contribution in [0.4, 0.5) is 5.13 Å². The lowest BCUT2D eigenvalue weighted by atomic mass is 10.2. The van der Waals surface area contributed by atoms with E-state index in [0.29, 0.717) is 25.4 Å². The topological polar surface area (TPSA) is 76.1 Å². The number of nitrogens with zero attached hydrogens (tertiary/aromatic N) is 1. The zero-order valence-corrected chi connectivity index (χ0v) is 16.8. The molecule has 0 saturated carbocycles. The summed E-state index contributed by atoms with van der Waals surface area (Å²) >= 11 is 13.4. The number of aryl methyl sites for hydroxylation is 1. The largest absolute Gasteiger partial charge is 0.302 e. The number of nitrogens with one attached hydrogen (secondary N) is 1. The Balaban J connectivity index is 1.68. The molecule has 1 aromatic heterocycles. The average molecular weight is 429 g/mol. The van der Waals surface area contributed by atoms with E-state index >= 15 is 0 Å². The first-order valence-electron chi connectivity index (χ1n) is 7.60. The molecule has 1 amide bonds. The van der Waals surface area contributed by atoms with Crippen molar-refractivity contribution in [1.82, 2.24) is 4.98 Å². The van der Waals surface area contributed by atoms with Crippen LogP contribution in [0.2, 0.25) is 10.0 Å². The highest BCUT2D eigenvalue weighted by Gasteiger charge is 2.18. The third-order valence-electron chi connectivity index (χ3n) is 3.67. The number of anilines is 1. The van der Waals surface area contributed by atoms with Gasteiger partial charge in [0, 0.05) is 6.42 Å². The molecule has 5 nitrogen and oxygen atoms in total. The molecule has 0 unspecified atom stereocenters. The molecule has 136 valence electrons. The molecule has 2 aromatic carbocycles. The van der Waals surface area contributed by atoms with E-state index in [1.807, 2.05) is 6.92 Å². The SMILES string of the molecule is Cc1ccc(S(=O)(=O)CCC(=O)Nc2nc3c(Cl)ccc(Cl)c3s2)cc1. The number of hydrogen-bond acceptors (Lipinski definition) is 5. The van der Waals surface area contributed by atoms with Crippen LogP contribution in [0, 0.1) is 6.92 Å². The number of rotatable bonds is 5. The highest BCUT2D eigenvalue weighted by Crippen LogP contribution is 2.36. The van der Waals surface area contributed by atoms with Gasteiger partial charge in [0.25, 0.3) is 0 Å². The van der Waals surface area contributed by atoms with Gasteiger partial charge in [-0.3, -0.25) is 4.79 Å². The molecule has 0 saturated heterocycles. The van der Waals surface area contributed by atoms with Crippen LogP contribution >= 0.6 is 34.5 Å². The Labute approximate surface area is 164 Å². The van der Waals surface area contributed by atoms with E-state index in [9.17, 15) is 13.2 Å². The Morgan fingerprint density at radius 2 is 1.77 bits per heavy atom. The Kier molecular flexibility index (Phi) is 5.53. The number of halogens is 2. The van der Waals surface area contributed by atoms with Gasteiger partial charge in [-0.05, 0) is 31.2 Å². The Morgan fingerprint density at radius 3 is 2.42 bits per heavy atom. The first kappa shape index (κ1) is 19.1. The van der Waals surface area contributed by atoms with Crippen LogP contribution in [0.1, 0.15) is 12.0 Å². The minimum absolute atomic E-state index is 0.173. The van der Waals surface area contributed by atoms with Crippen molar-refractivity contribution in [3.8, 4) is 0 Å². The maximum atomic E-state index is 12.3. The van der Waals surface area contributed by atoms with E-state index < -0.39 is 15.7 Å². The van der Waals surface area contributed by atoms with Crippen molar-refractivity contribution in [2.24, 2.45) is 0 Å². The summed E-state index contributed by atoms with van der Waals surface area (Å²) in [5.74, 6) is -0.721. The molecule has 3 aromatic rings. The monoisotopic (exact) mass is 428 g/mol. The highest BCUT2D eigenvalue weighted by molar-refractivity contribution is 7.91. The van der Waals surface area contributed by atoms with Crippen molar-refractivity contribution in [1.29, 1.82) is 0 Å². The lowest BCUT2D eigenvalue weighted by Gasteiger charge is -2.05. The average Bonchev–Trinajstić information content (AvgIpc) is 3.02. The van der Waals surface area contributed by atoms with Gasteiger partial charge in [0.1, 0.15) is 5.52 Å².